The maximum absolute atomic E-state index is 12.1. The van der Waals surface area contributed by atoms with Crippen LogP contribution in [0.4, 0.5) is 0 Å². The Morgan fingerprint density at radius 1 is 1.25 bits per heavy atom. The number of nitrogen functional groups attached to an aromatic ring is 1. The van der Waals surface area contributed by atoms with Crippen molar-refractivity contribution in [3.8, 4) is 11.3 Å². The first-order valence-electron chi connectivity index (χ1n) is 7.45. The van der Waals surface area contributed by atoms with Gasteiger partial charge in [0.25, 0.3) is 5.91 Å². The van der Waals surface area contributed by atoms with E-state index in [0.29, 0.717) is 16.8 Å². The lowest BCUT2D eigenvalue weighted by molar-refractivity contribution is 0.0954. The molecule has 24 heavy (non-hydrogen) atoms. The molecule has 0 saturated heterocycles. The van der Waals surface area contributed by atoms with E-state index in [1.165, 1.54) is 6.07 Å². The zero-order valence-electron chi connectivity index (χ0n) is 13.7. The van der Waals surface area contributed by atoms with Gasteiger partial charge in [0.05, 0.1) is 11.1 Å². The molecule has 1 amide bonds. The first-order valence-corrected chi connectivity index (χ1v) is 7.45. The van der Waals surface area contributed by atoms with Crippen molar-refractivity contribution in [3.05, 3.63) is 52.5 Å². The van der Waals surface area contributed by atoms with Crippen LogP contribution < -0.4 is 16.9 Å². The highest BCUT2D eigenvalue weighted by molar-refractivity contribution is 6.00. The van der Waals surface area contributed by atoms with Crippen LogP contribution in [0.25, 0.3) is 22.2 Å². The van der Waals surface area contributed by atoms with E-state index >= 15 is 0 Å². The fourth-order valence-electron chi connectivity index (χ4n) is 2.39. The Balaban J connectivity index is 2.20. The van der Waals surface area contributed by atoms with Crippen molar-refractivity contribution in [2.75, 3.05) is 0 Å². The SMILES string of the molecule is CC(C)(C)n1cc(C(=O)NN)c(-c2ccc3oc(=O)ccc3c2)n1. The second kappa shape index (κ2) is 5.61. The van der Waals surface area contributed by atoms with Crippen molar-refractivity contribution in [2.24, 2.45) is 5.84 Å². The Morgan fingerprint density at radius 3 is 2.67 bits per heavy atom. The van der Waals surface area contributed by atoms with Gasteiger partial charge in [0, 0.05) is 23.2 Å². The van der Waals surface area contributed by atoms with E-state index in [1.807, 2.05) is 26.8 Å². The van der Waals surface area contributed by atoms with Gasteiger partial charge < -0.3 is 4.42 Å². The third kappa shape index (κ3) is 2.81. The van der Waals surface area contributed by atoms with E-state index in [4.69, 9.17) is 10.3 Å². The summed E-state index contributed by atoms with van der Waals surface area (Å²) in [4.78, 5) is 23.4. The van der Waals surface area contributed by atoms with Gasteiger partial charge >= 0.3 is 5.63 Å². The van der Waals surface area contributed by atoms with Gasteiger partial charge in [0.15, 0.2) is 0 Å². The first kappa shape index (κ1) is 15.9. The van der Waals surface area contributed by atoms with Gasteiger partial charge in [-0.05, 0) is 45.0 Å². The number of hydrogen-bond donors (Lipinski definition) is 2. The predicted molar refractivity (Wildman–Crippen MR) is 90.4 cm³/mol. The number of rotatable bonds is 2. The third-order valence-corrected chi connectivity index (χ3v) is 3.67. The number of carbonyl (C=O) groups excluding carboxylic acids is 1. The number of fused-ring (bicyclic) bond motifs is 1. The lowest BCUT2D eigenvalue weighted by Crippen LogP contribution is -2.30. The molecule has 0 unspecified atom stereocenters. The summed E-state index contributed by atoms with van der Waals surface area (Å²) in [6, 6.07) is 8.29. The molecule has 0 fully saturated rings. The van der Waals surface area contributed by atoms with Crippen LogP contribution in [-0.2, 0) is 5.54 Å². The molecule has 7 heteroatoms. The number of benzene rings is 1. The van der Waals surface area contributed by atoms with Crippen LogP contribution in [-0.4, -0.2) is 15.7 Å². The second-order valence-electron chi connectivity index (χ2n) is 6.49. The quantitative estimate of drug-likeness (QED) is 0.324. The predicted octanol–water partition coefficient (Wildman–Crippen LogP) is 2.02. The molecule has 3 aromatic rings. The van der Waals surface area contributed by atoms with Crippen molar-refractivity contribution >= 4 is 16.9 Å². The zero-order chi connectivity index (χ0) is 17.5. The summed E-state index contributed by atoms with van der Waals surface area (Å²) in [7, 11) is 0. The molecule has 3 rings (SSSR count). The van der Waals surface area contributed by atoms with E-state index in [2.05, 4.69) is 10.5 Å². The lowest BCUT2D eigenvalue weighted by Gasteiger charge is -2.18. The molecule has 0 bridgehead atoms. The Morgan fingerprint density at radius 2 is 2.00 bits per heavy atom. The average molecular weight is 326 g/mol. The molecule has 0 atom stereocenters. The fraction of sp³-hybridized carbons (Fsp3) is 0.235. The maximum Gasteiger partial charge on any atom is 0.336 e. The summed E-state index contributed by atoms with van der Waals surface area (Å²) in [5.41, 5.74) is 3.56. The van der Waals surface area contributed by atoms with Crippen molar-refractivity contribution in [3.63, 3.8) is 0 Å². The largest absolute Gasteiger partial charge is 0.423 e. The normalized spacial score (nSPS) is 11.7. The molecule has 2 aromatic heterocycles. The van der Waals surface area contributed by atoms with Crippen LogP contribution in [0.2, 0.25) is 0 Å². The summed E-state index contributed by atoms with van der Waals surface area (Å²) in [6.45, 7) is 5.97. The van der Waals surface area contributed by atoms with Crippen LogP contribution in [0.15, 0.2) is 45.7 Å². The fourth-order valence-corrected chi connectivity index (χ4v) is 2.39. The van der Waals surface area contributed by atoms with Gasteiger partial charge in [-0.3, -0.25) is 14.9 Å². The highest BCUT2D eigenvalue weighted by Crippen LogP contribution is 2.27. The smallest absolute Gasteiger partial charge is 0.336 e. The molecule has 7 nitrogen and oxygen atoms in total. The third-order valence-electron chi connectivity index (χ3n) is 3.67. The molecule has 0 aliphatic rings. The standard InChI is InChI=1S/C17H18N4O3/c1-17(2,3)21-9-12(16(23)19-18)15(20-21)11-4-6-13-10(8-11)5-7-14(22)24-13/h4-9H,18H2,1-3H3,(H,19,23). The Bertz CT molecular complexity index is 979. The number of hydrogen-bond acceptors (Lipinski definition) is 5. The zero-order valence-corrected chi connectivity index (χ0v) is 13.7. The average Bonchev–Trinajstić information content (AvgIpc) is 2.99. The Hall–Kier alpha value is -2.93. The van der Waals surface area contributed by atoms with Crippen LogP contribution >= 0.6 is 0 Å². The second-order valence-corrected chi connectivity index (χ2v) is 6.49. The highest BCUT2D eigenvalue weighted by Gasteiger charge is 2.22. The van der Waals surface area contributed by atoms with E-state index in [-0.39, 0.29) is 5.54 Å². The molecule has 124 valence electrons. The number of aromatic nitrogens is 2. The van der Waals surface area contributed by atoms with E-state index in [9.17, 15) is 9.59 Å². The van der Waals surface area contributed by atoms with Crippen molar-refractivity contribution in [1.82, 2.24) is 15.2 Å². The van der Waals surface area contributed by atoms with Crippen LogP contribution in [0.3, 0.4) is 0 Å². The first-order chi connectivity index (χ1) is 11.3. The van der Waals surface area contributed by atoms with E-state index < -0.39 is 11.5 Å². The molecule has 3 N–H and O–H groups in total. The summed E-state index contributed by atoms with van der Waals surface area (Å²) in [5, 5.41) is 5.30. The molecule has 0 aliphatic carbocycles. The number of hydrazine groups is 1. The lowest BCUT2D eigenvalue weighted by atomic mass is 10.1. The number of nitrogens with one attached hydrogen (secondary N) is 1. The minimum Gasteiger partial charge on any atom is -0.423 e. The minimum absolute atomic E-state index is 0.286. The van der Waals surface area contributed by atoms with Crippen LogP contribution in [0, 0.1) is 0 Å². The van der Waals surface area contributed by atoms with E-state index in [1.54, 1.807) is 29.1 Å². The molecule has 0 saturated carbocycles. The van der Waals surface area contributed by atoms with E-state index in [0.717, 1.165) is 10.9 Å². The highest BCUT2D eigenvalue weighted by atomic mass is 16.4. The summed E-state index contributed by atoms with van der Waals surface area (Å²) >= 11 is 0. The summed E-state index contributed by atoms with van der Waals surface area (Å²) in [5.74, 6) is 4.87. The monoisotopic (exact) mass is 326 g/mol. The van der Waals surface area contributed by atoms with Crippen molar-refractivity contribution in [2.45, 2.75) is 26.3 Å². The van der Waals surface area contributed by atoms with Gasteiger partial charge in [-0.1, -0.05) is 0 Å². The Kier molecular flexibility index (Phi) is 3.73. The van der Waals surface area contributed by atoms with Crippen LogP contribution in [0.5, 0.6) is 0 Å². The molecule has 0 radical (unpaired) electrons. The molecular weight excluding hydrogens is 308 g/mol. The molecule has 1 aromatic carbocycles. The number of amides is 1. The van der Waals surface area contributed by atoms with Gasteiger partial charge in [0.2, 0.25) is 0 Å². The maximum atomic E-state index is 12.1. The molecule has 0 aliphatic heterocycles. The molecule has 0 spiro atoms. The summed E-state index contributed by atoms with van der Waals surface area (Å²) < 4.78 is 6.85. The van der Waals surface area contributed by atoms with Crippen molar-refractivity contribution < 1.29 is 9.21 Å². The van der Waals surface area contributed by atoms with Gasteiger partial charge in [0.1, 0.15) is 11.3 Å². The number of nitrogens with zero attached hydrogens (tertiary/aromatic N) is 2. The van der Waals surface area contributed by atoms with Gasteiger partial charge in [-0.2, -0.15) is 5.10 Å². The van der Waals surface area contributed by atoms with Gasteiger partial charge in [-0.25, -0.2) is 10.6 Å². The van der Waals surface area contributed by atoms with Crippen molar-refractivity contribution in [1.29, 1.82) is 0 Å². The number of nitrogens with two attached hydrogens (primary N) is 1. The Labute approximate surface area is 138 Å². The molecule has 2 heterocycles. The molecular formula is C17H18N4O3. The van der Waals surface area contributed by atoms with Crippen LogP contribution in [0.1, 0.15) is 31.1 Å². The minimum atomic E-state index is -0.416. The van der Waals surface area contributed by atoms with Gasteiger partial charge in [-0.15, -0.1) is 0 Å². The summed E-state index contributed by atoms with van der Waals surface area (Å²) in [6.07, 6.45) is 1.67. The topological polar surface area (TPSA) is 103 Å². The number of carbonyl (C=O) groups is 1.